The summed E-state index contributed by atoms with van der Waals surface area (Å²) in [5.74, 6) is -0.0547. The summed E-state index contributed by atoms with van der Waals surface area (Å²) in [5.41, 5.74) is 7.61. The van der Waals surface area contributed by atoms with Gasteiger partial charge in [0.2, 0.25) is 0 Å². The summed E-state index contributed by atoms with van der Waals surface area (Å²) in [4.78, 5) is 0. The van der Waals surface area contributed by atoms with E-state index in [2.05, 4.69) is 0 Å². The normalized spacial score (nSPS) is 30.3. The first-order valence-electron chi connectivity index (χ1n) is 6.42. The highest BCUT2D eigenvalue weighted by Crippen LogP contribution is 2.54. The van der Waals surface area contributed by atoms with E-state index < -0.39 is 20.6 Å². The van der Waals surface area contributed by atoms with E-state index in [0.29, 0.717) is 0 Å². The smallest absolute Gasteiger partial charge is 0.155 e. The molecule has 0 radical (unpaired) electrons. The standard InChI is InChI=1S/C14H21NO3S/c1-4-19(16,17)13-12(14(13,15)9-18-3)11-7-5-10(2)6-8-11/h5-8,12-13H,4,9,15H2,1-3H3/t12-,13-,14+/m1/s1. The predicted octanol–water partition coefficient (Wildman–Crippen LogP) is 1.24. The molecule has 106 valence electrons. The molecule has 1 aromatic carbocycles. The fourth-order valence-electron chi connectivity index (χ4n) is 2.82. The monoisotopic (exact) mass is 283 g/mol. The molecule has 1 aromatic rings. The molecule has 2 rings (SSSR count). The van der Waals surface area contributed by atoms with Crippen molar-refractivity contribution in [1.82, 2.24) is 0 Å². The maximum Gasteiger partial charge on any atom is 0.155 e. The lowest BCUT2D eigenvalue weighted by Gasteiger charge is -2.10. The topological polar surface area (TPSA) is 69.4 Å². The van der Waals surface area contributed by atoms with Crippen LogP contribution in [0.25, 0.3) is 0 Å². The van der Waals surface area contributed by atoms with Gasteiger partial charge in [-0.05, 0) is 12.5 Å². The highest BCUT2D eigenvalue weighted by atomic mass is 32.2. The Hall–Kier alpha value is -0.910. The number of sulfone groups is 1. The van der Waals surface area contributed by atoms with E-state index in [-0.39, 0.29) is 18.3 Å². The van der Waals surface area contributed by atoms with Crippen molar-refractivity contribution in [2.45, 2.75) is 30.6 Å². The number of hydrogen-bond acceptors (Lipinski definition) is 4. The number of methoxy groups -OCH3 is 1. The second-order valence-corrected chi connectivity index (χ2v) is 7.72. The van der Waals surface area contributed by atoms with Crippen molar-refractivity contribution in [2.24, 2.45) is 5.73 Å². The molecule has 19 heavy (non-hydrogen) atoms. The summed E-state index contributed by atoms with van der Waals surface area (Å²) in [7, 11) is -1.62. The molecule has 0 spiro atoms. The van der Waals surface area contributed by atoms with E-state index in [1.807, 2.05) is 31.2 Å². The lowest BCUT2D eigenvalue weighted by atomic mass is 10.1. The number of aryl methyl sites for hydroxylation is 1. The van der Waals surface area contributed by atoms with E-state index in [1.165, 1.54) is 0 Å². The molecule has 3 atom stereocenters. The highest BCUT2D eigenvalue weighted by Gasteiger charge is 2.68. The maximum absolute atomic E-state index is 12.2. The molecule has 0 saturated heterocycles. The van der Waals surface area contributed by atoms with Crippen molar-refractivity contribution in [3.05, 3.63) is 35.4 Å². The fraction of sp³-hybridized carbons (Fsp3) is 0.571. The molecule has 5 heteroatoms. The summed E-state index contributed by atoms with van der Waals surface area (Å²) in [5, 5.41) is -0.535. The van der Waals surface area contributed by atoms with Crippen LogP contribution < -0.4 is 5.73 Å². The number of benzene rings is 1. The zero-order valence-corrected chi connectivity index (χ0v) is 12.4. The molecule has 4 nitrogen and oxygen atoms in total. The largest absolute Gasteiger partial charge is 0.383 e. The molecule has 1 aliphatic carbocycles. The fourth-order valence-corrected chi connectivity index (χ4v) is 4.81. The average molecular weight is 283 g/mol. The van der Waals surface area contributed by atoms with E-state index in [9.17, 15) is 8.42 Å². The molecular weight excluding hydrogens is 262 g/mol. The zero-order valence-electron chi connectivity index (χ0n) is 11.6. The van der Waals surface area contributed by atoms with Crippen LogP contribution in [0.2, 0.25) is 0 Å². The molecule has 0 amide bonds. The van der Waals surface area contributed by atoms with Crippen molar-refractivity contribution in [3.8, 4) is 0 Å². The lowest BCUT2D eigenvalue weighted by Crippen LogP contribution is -2.36. The van der Waals surface area contributed by atoms with Crippen molar-refractivity contribution in [2.75, 3.05) is 19.5 Å². The van der Waals surface area contributed by atoms with E-state index in [1.54, 1.807) is 14.0 Å². The van der Waals surface area contributed by atoms with Gasteiger partial charge in [0.05, 0.1) is 17.4 Å². The van der Waals surface area contributed by atoms with Crippen molar-refractivity contribution in [1.29, 1.82) is 0 Å². The second-order valence-electron chi connectivity index (χ2n) is 5.31. The van der Waals surface area contributed by atoms with Gasteiger partial charge in [0.15, 0.2) is 9.84 Å². The molecule has 0 bridgehead atoms. The Kier molecular flexibility index (Phi) is 3.73. The summed E-state index contributed by atoms with van der Waals surface area (Å²) in [6.45, 7) is 3.92. The Labute approximate surface area is 114 Å². The van der Waals surface area contributed by atoms with Gasteiger partial charge in [-0.3, -0.25) is 0 Å². The number of nitrogens with two attached hydrogens (primary N) is 1. The van der Waals surface area contributed by atoms with Crippen molar-refractivity contribution < 1.29 is 13.2 Å². The minimum absolute atomic E-state index is 0.114. The second kappa shape index (κ2) is 4.89. The van der Waals surface area contributed by atoms with Crippen LogP contribution in [0, 0.1) is 6.92 Å². The van der Waals surface area contributed by atoms with Crippen molar-refractivity contribution in [3.63, 3.8) is 0 Å². The van der Waals surface area contributed by atoms with Crippen molar-refractivity contribution >= 4 is 9.84 Å². The first-order chi connectivity index (χ1) is 8.86. The van der Waals surface area contributed by atoms with Gasteiger partial charge in [-0.1, -0.05) is 36.8 Å². The molecular formula is C14H21NO3S. The Morgan fingerprint density at radius 3 is 2.37 bits per heavy atom. The van der Waals surface area contributed by atoms with Crippen LogP contribution in [0.1, 0.15) is 24.0 Å². The molecule has 0 unspecified atom stereocenters. The van der Waals surface area contributed by atoms with Gasteiger partial charge in [-0.25, -0.2) is 8.42 Å². The van der Waals surface area contributed by atoms with Gasteiger partial charge < -0.3 is 10.5 Å². The van der Waals surface area contributed by atoms with Gasteiger partial charge >= 0.3 is 0 Å². The Bertz CT molecular complexity index is 553. The van der Waals surface area contributed by atoms with Crippen LogP contribution in [-0.4, -0.2) is 38.7 Å². The van der Waals surface area contributed by atoms with E-state index >= 15 is 0 Å². The zero-order chi connectivity index (χ0) is 14.3. The van der Waals surface area contributed by atoms with E-state index in [4.69, 9.17) is 10.5 Å². The quantitative estimate of drug-likeness (QED) is 0.882. The van der Waals surface area contributed by atoms with Gasteiger partial charge in [0, 0.05) is 18.8 Å². The first kappa shape index (κ1) is 14.5. The number of rotatable bonds is 5. The molecule has 0 heterocycles. The van der Waals surface area contributed by atoms with Gasteiger partial charge in [0.25, 0.3) is 0 Å². The molecule has 0 aliphatic heterocycles. The van der Waals surface area contributed by atoms with E-state index in [0.717, 1.165) is 11.1 Å². The third-order valence-corrected chi connectivity index (χ3v) is 6.21. The van der Waals surface area contributed by atoms with Crippen LogP contribution >= 0.6 is 0 Å². The predicted molar refractivity (Wildman–Crippen MR) is 76.0 cm³/mol. The van der Waals surface area contributed by atoms with Crippen LogP contribution in [-0.2, 0) is 14.6 Å². The lowest BCUT2D eigenvalue weighted by molar-refractivity contribution is 0.171. The minimum atomic E-state index is -3.17. The van der Waals surface area contributed by atoms with Crippen LogP contribution in [0.4, 0.5) is 0 Å². The molecule has 1 saturated carbocycles. The summed E-state index contributed by atoms with van der Waals surface area (Å²) >= 11 is 0. The molecule has 2 N–H and O–H groups in total. The number of hydrogen-bond donors (Lipinski definition) is 1. The Balaban J connectivity index is 2.36. The minimum Gasteiger partial charge on any atom is -0.383 e. The number of ether oxygens (including phenoxy) is 1. The maximum atomic E-state index is 12.2. The SMILES string of the molecule is CCS(=O)(=O)[C@@H]1[C@@H](c2ccc(C)cc2)[C@@]1(N)COC. The van der Waals surface area contributed by atoms with Crippen LogP contribution in [0.5, 0.6) is 0 Å². The first-order valence-corrected chi connectivity index (χ1v) is 8.14. The summed E-state index contributed by atoms with van der Waals surface area (Å²) in [6, 6.07) is 7.89. The molecule has 0 aromatic heterocycles. The average Bonchev–Trinajstić information content (AvgIpc) is 2.97. The third-order valence-electron chi connectivity index (χ3n) is 3.92. The Morgan fingerprint density at radius 2 is 1.89 bits per heavy atom. The summed E-state index contributed by atoms with van der Waals surface area (Å²) < 4.78 is 29.5. The highest BCUT2D eigenvalue weighted by molar-refractivity contribution is 7.92. The van der Waals surface area contributed by atoms with Gasteiger partial charge in [-0.2, -0.15) is 0 Å². The van der Waals surface area contributed by atoms with Crippen LogP contribution in [0.15, 0.2) is 24.3 Å². The van der Waals surface area contributed by atoms with Gasteiger partial charge in [-0.15, -0.1) is 0 Å². The van der Waals surface area contributed by atoms with Crippen LogP contribution in [0.3, 0.4) is 0 Å². The third kappa shape index (κ3) is 2.42. The molecule has 1 fully saturated rings. The molecule has 1 aliphatic rings. The Morgan fingerprint density at radius 1 is 1.32 bits per heavy atom. The summed E-state index contributed by atoms with van der Waals surface area (Å²) in [6.07, 6.45) is 0. The van der Waals surface area contributed by atoms with Gasteiger partial charge in [0.1, 0.15) is 0 Å².